The number of carbonyl (C=O) groups excluding carboxylic acids is 1. The molecular formula is C22H28N4O. The number of Topliss-reactive ketones (excluding diaryl/α,β-unsaturated/α-hetero) is 1. The van der Waals surface area contributed by atoms with Crippen molar-refractivity contribution in [3.63, 3.8) is 0 Å². The smallest absolute Gasteiger partial charge is 0.134 e. The Kier molecular flexibility index (Phi) is 6.08. The highest BCUT2D eigenvalue weighted by atomic mass is 16.1. The number of ketones is 1. The van der Waals surface area contributed by atoms with Crippen LogP contribution in [0.1, 0.15) is 31.7 Å². The molecule has 2 atom stereocenters. The molecule has 1 aliphatic rings. The molecule has 0 N–H and O–H groups in total. The third-order valence-electron chi connectivity index (χ3n) is 5.31. The van der Waals surface area contributed by atoms with Crippen molar-refractivity contribution in [3.05, 3.63) is 36.0 Å². The van der Waals surface area contributed by atoms with E-state index in [0.717, 1.165) is 42.6 Å². The molecule has 5 heteroatoms. The van der Waals surface area contributed by atoms with Gasteiger partial charge in [-0.1, -0.05) is 6.92 Å². The summed E-state index contributed by atoms with van der Waals surface area (Å²) in [7, 11) is 4.00. The van der Waals surface area contributed by atoms with Gasteiger partial charge in [-0.3, -0.25) is 9.78 Å². The predicted molar refractivity (Wildman–Crippen MR) is 109 cm³/mol. The van der Waals surface area contributed by atoms with Crippen molar-refractivity contribution in [1.29, 1.82) is 5.26 Å². The van der Waals surface area contributed by atoms with Gasteiger partial charge in [-0.2, -0.15) is 5.26 Å². The zero-order chi connectivity index (χ0) is 19.4. The average molecular weight is 364 g/mol. The minimum atomic E-state index is 0.356. The second-order valence-corrected chi connectivity index (χ2v) is 8.05. The molecule has 2 aromatic rings. The Morgan fingerprint density at radius 1 is 1.33 bits per heavy atom. The third-order valence-corrected chi connectivity index (χ3v) is 5.31. The number of carbonyl (C=O) groups is 1. The molecular weight excluding hydrogens is 336 g/mol. The van der Waals surface area contributed by atoms with Crippen LogP contribution in [0.15, 0.2) is 30.5 Å². The highest BCUT2D eigenvalue weighted by Gasteiger charge is 2.27. The van der Waals surface area contributed by atoms with E-state index in [9.17, 15) is 10.1 Å². The lowest BCUT2D eigenvalue weighted by molar-refractivity contribution is -0.120. The van der Waals surface area contributed by atoms with Crippen LogP contribution < -0.4 is 4.90 Å². The number of aromatic nitrogens is 1. The summed E-state index contributed by atoms with van der Waals surface area (Å²) in [6, 6.07) is 10.1. The summed E-state index contributed by atoms with van der Waals surface area (Å²) >= 11 is 0. The molecule has 1 fully saturated rings. The lowest BCUT2D eigenvalue weighted by atomic mass is 9.86. The fourth-order valence-electron chi connectivity index (χ4n) is 4.12. The van der Waals surface area contributed by atoms with Gasteiger partial charge in [0.1, 0.15) is 11.9 Å². The second kappa shape index (κ2) is 8.49. The number of nitrogens with zero attached hydrogens (tertiary/aromatic N) is 4. The summed E-state index contributed by atoms with van der Waals surface area (Å²) in [6.45, 7) is 4.93. The molecule has 2 heterocycles. The van der Waals surface area contributed by atoms with Crippen LogP contribution in [0.2, 0.25) is 0 Å². The topological polar surface area (TPSA) is 60.2 Å². The molecule has 1 aliphatic heterocycles. The zero-order valence-electron chi connectivity index (χ0n) is 16.5. The first-order chi connectivity index (χ1) is 13.0. The quantitative estimate of drug-likeness (QED) is 0.785. The zero-order valence-corrected chi connectivity index (χ0v) is 16.5. The highest BCUT2D eigenvalue weighted by molar-refractivity contribution is 5.95. The van der Waals surface area contributed by atoms with Crippen LogP contribution in [0.5, 0.6) is 0 Å². The number of pyridine rings is 1. The predicted octanol–water partition coefficient (Wildman–Crippen LogP) is 3.48. The lowest BCUT2D eigenvalue weighted by Crippen LogP contribution is -2.40. The van der Waals surface area contributed by atoms with Crippen LogP contribution in [0.4, 0.5) is 5.69 Å². The third kappa shape index (κ3) is 4.64. The van der Waals surface area contributed by atoms with Crippen LogP contribution in [0.25, 0.3) is 10.9 Å². The molecule has 27 heavy (non-hydrogen) atoms. The fraction of sp³-hybridized carbons (Fsp3) is 0.500. The lowest BCUT2D eigenvalue weighted by Gasteiger charge is -2.38. The molecule has 0 unspecified atom stereocenters. The van der Waals surface area contributed by atoms with Gasteiger partial charge in [0.25, 0.3) is 0 Å². The summed E-state index contributed by atoms with van der Waals surface area (Å²) in [5.74, 6) is 1.27. The molecule has 0 saturated carbocycles. The summed E-state index contributed by atoms with van der Waals surface area (Å²) in [4.78, 5) is 21.2. The van der Waals surface area contributed by atoms with Gasteiger partial charge >= 0.3 is 0 Å². The molecule has 1 aromatic heterocycles. The SMILES string of the molecule is C[C@H]1C[C@@H](CC(=O)CCN(C)C)CN(c2ccc(C#N)c3ncccc23)C1. The number of hydrogen-bond acceptors (Lipinski definition) is 5. The van der Waals surface area contributed by atoms with Crippen LogP contribution in [-0.2, 0) is 4.79 Å². The van der Waals surface area contributed by atoms with Crippen molar-refractivity contribution in [2.75, 3.05) is 38.6 Å². The molecule has 0 aliphatic carbocycles. The molecule has 0 radical (unpaired) electrons. The van der Waals surface area contributed by atoms with E-state index >= 15 is 0 Å². The van der Waals surface area contributed by atoms with Gasteiger partial charge in [-0.25, -0.2) is 0 Å². The first-order valence-electron chi connectivity index (χ1n) is 9.67. The number of anilines is 1. The Hall–Kier alpha value is -2.45. The molecule has 1 saturated heterocycles. The molecule has 142 valence electrons. The summed E-state index contributed by atoms with van der Waals surface area (Å²) in [6.07, 6.45) is 4.11. The Labute approximate surface area is 161 Å². The first-order valence-corrected chi connectivity index (χ1v) is 9.67. The van der Waals surface area contributed by atoms with Gasteiger partial charge in [0.05, 0.1) is 11.1 Å². The number of piperidine rings is 1. The molecule has 0 amide bonds. The van der Waals surface area contributed by atoms with E-state index in [1.807, 2.05) is 38.4 Å². The number of rotatable bonds is 6. The van der Waals surface area contributed by atoms with E-state index in [-0.39, 0.29) is 0 Å². The van der Waals surface area contributed by atoms with Crippen molar-refractivity contribution < 1.29 is 4.79 Å². The van der Waals surface area contributed by atoms with E-state index in [4.69, 9.17) is 0 Å². The highest BCUT2D eigenvalue weighted by Crippen LogP contribution is 2.33. The fourth-order valence-corrected chi connectivity index (χ4v) is 4.12. The van der Waals surface area contributed by atoms with Crippen molar-refractivity contribution in [2.45, 2.75) is 26.2 Å². The van der Waals surface area contributed by atoms with E-state index in [1.54, 1.807) is 6.20 Å². The van der Waals surface area contributed by atoms with Crippen LogP contribution in [-0.4, -0.2) is 49.4 Å². The van der Waals surface area contributed by atoms with Crippen molar-refractivity contribution in [2.24, 2.45) is 11.8 Å². The number of benzene rings is 1. The average Bonchev–Trinajstić information content (AvgIpc) is 2.65. The van der Waals surface area contributed by atoms with Gasteiger partial charge in [-0.05, 0) is 56.6 Å². The van der Waals surface area contributed by atoms with Gasteiger partial charge in [0.2, 0.25) is 0 Å². The number of fused-ring (bicyclic) bond motifs is 1. The van der Waals surface area contributed by atoms with Crippen LogP contribution in [0.3, 0.4) is 0 Å². The summed E-state index contributed by atoms with van der Waals surface area (Å²) in [5, 5.41) is 10.4. The molecule has 0 spiro atoms. The maximum Gasteiger partial charge on any atom is 0.134 e. The van der Waals surface area contributed by atoms with Gasteiger partial charge in [0, 0.05) is 49.7 Å². The Morgan fingerprint density at radius 2 is 2.15 bits per heavy atom. The molecule has 5 nitrogen and oxygen atoms in total. The minimum absolute atomic E-state index is 0.356. The van der Waals surface area contributed by atoms with Gasteiger partial charge < -0.3 is 9.80 Å². The monoisotopic (exact) mass is 364 g/mol. The van der Waals surface area contributed by atoms with E-state index in [0.29, 0.717) is 36.0 Å². The van der Waals surface area contributed by atoms with E-state index in [1.165, 1.54) is 0 Å². The van der Waals surface area contributed by atoms with Gasteiger partial charge in [-0.15, -0.1) is 0 Å². The van der Waals surface area contributed by atoms with Crippen molar-refractivity contribution in [1.82, 2.24) is 9.88 Å². The molecule has 0 bridgehead atoms. The second-order valence-electron chi connectivity index (χ2n) is 8.05. The maximum absolute atomic E-state index is 12.4. The Bertz CT molecular complexity index is 855. The van der Waals surface area contributed by atoms with Crippen LogP contribution >= 0.6 is 0 Å². The largest absolute Gasteiger partial charge is 0.370 e. The number of hydrogen-bond donors (Lipinski definition) is 0. The molecule has 3 rings (SSSR count). The van der Waals surface area contributed by atoms with Gasteiger partial charge in [0.15, 0.2) is 0 Å². The van der Waals surface area contributed by atoms with E-state index < -0.39 is 0 Å². The van der Waals surface area contributed by atoms with E-state index in [2.05, 4.69) is 27.8 Å². The normalized spacial score (nSPS) is 20.0. The number of nitriles is 1. The standard InChI is InChI=1S/C22H28N4O/c1-16-11-17(12-19(27)8-10-25(2)3)15-26(14-16)21-7-6-18(13-23)22-20(21)5-4-9-24-22/h4-7,9,16-17H,8,10-12,14-15H2,1-3H3/t16-,17-/m0/s1. The first kappa shape index (κ1) is 19.3. The van der Waals surface area contributed by atoms with Crippen LogP contribution in [0, 0.1) is 23.2 Å². The summed E-state index contributed by atoms with van der Waals surface area (Å²) in [5.41, 5.74) is 2.48. The molecule has 1 aromatic carbocycles. The van der Waals surface area contributed by atoms with Crippen molar-refractivity contribution >= 4 is 22.4 Å². The summed E-state index contributed by atoms with van der Waals surface area (Å²) < 4.78 is 0. The minimum Gasteiger partial charge on any atom is -0.370 e. The maximum atomic E-state index is 12.4. The Morgan fingerprint density at radius 3 is 2.89 bits per heavy atom. The Balaban J connectivity index is 1.80. The van der Waals surface area contributed by atoms with Crippen molar-refractivity contribution in [3.8, 4) is 6.07 Å².